The van der Waals surface area contributed by atoms with Gasteiger partial charge in [0.25, 0.3) is 5.91 Å². The van der Waals surface area contributed by atoms with Crippen LogP contribution in [0, 0.1) is 0 Å². The van der Waals surface area contributed by atoms with E-state index in [-0.39, 0.29) is 5.91 Å². The molecule has 7 heteroatoms. The largest absolute Gasteiger partial charge is 0.465 e. The molecule has 1 fully saturated rings. The zero-order chi connectivity index (χ0) is 23.8. The minimum atomic E-state index is -0.453. The van der Waals surface area contributed by atoms with Gasteiger partial charge in [0.15, 0.2) is 0 Å². The van der Waals surface area contributed by atoms with Crippen LogP contribution in [0.4, 0.5) is 5.69 Å². The van der Waals surface area contributed by atoms with Crippen LogP contribution in [0.1, 0.15) is 31.8 Å². The van der Waals surface area contributed by atoms with Gasteiger partial charge in [-0.3, -0.25) is 9.69 Å². The Bertz CT molecular complexity index is 1140. The van der Waals surface area contributed by atoms with Crippen LogP contribution in [0.25, 0.3) is 0 Å². The quantitative estimate of drug-likeness (QED) is 0.334. The number of hydrogen-bond donors (Lipinski definition) is 1. The molecule has 0 saturated carbocycles. The van der Waals surface area contributed by atoms with Gasteiger partial charge in [-0.2, -0.15) is 5.10 Å². The van der Waals surface area contributed by atoms with Crippen molar-refractivity contribution in [1.29, 1.82) is 0 Å². The fraction of sp³-hybridized carbons (Fsp3) is 0.222. The highest BCUT2D eigenvalue weighted by Crippen LogP contribution is 2.17. The molecule has 3 aromatic rings. The molecule has 1 heterocycles. The van der Waals surface area contributed by atoms with Crippen LogP contribution in [0.15, 0.2) is 84.0 Å². The number of anilines is 1. The van der Waals surface area contributed by atoms with Gasteiger partial charge in [0.1, 0.15) is 0 Å². The number of benzene rings is 3. The van der Waals surface area contributed by atoms with Crippen molar-refractivity contribution >= 4 is 23.8 Å². The van der Waals surface area contributed by atoms with Crippen molar-refractivity contribution in [3.05, 3.63) is 101 Å². The smallest absolute Gasteiger partial charge is 0.338 e. The van der Waals surface area contributed by atoms with E-state index in [9.17, 15) is 9.59 Å². The summed E-state index contributed by atoms with van der Waals surface area (Å²) in [6.07, 6.45) is 1.44. The average molecular weight is 457 g/mol. The summed E-state index contributed by atoms with van der Waals surface area (Å²) in [5.41, 5.74) is 6.43. The molecule has 4 rings (SSSR count). The van der Waals surface area contributed by atoms with Crippen LogP contribution >= 0.6 is 0 Å². The number of methoxy groups -OCH3 is 1. The van der Waals surface area contributed by atoms with E-state index in [0.717, 1.165) is 32.7 Å². The molecule has 34 heavy (non-hydrogen) atoms. The highest BCUT2D eigenvalue weighted by atomic mass is 16.5. The fourth-order valence-corrected chi connectivity index (χ4v) is 3.95. The molecule has 0 aliphatic carbocycles. The minimum Gasteiger partial charge on any atom is -0.465 e. The number of hydrazone groups is 1. The molecule has 1 aliphatic rings. The first-order valence-electron chi connectivity index (χ1n) is 11.3. The van der Waals surface area contributed by atoms with Gasteiger partial charge >= 0.3 is 5.97 Å². The Hall–Kier alpha value is -3.97. The second-order valence-corrected chi connectivity index (χ2v) is 8.07. The van der Waals surface area contributed by atoms with Crippen molar-refractivity contribution in [2.45, 2.75) is 6.54 Å². The second kappa shape index (κ2) is 11.2. The van der Waals surface area contributed by atoms with Gasteiger partial charge in [-0.1, -0.05) is 48.5 Å². The molecule has 0 atom stereocenters. The zero-order valence-electron chi connectivity index (χ0n) is 19.2. The van der Waals surface area contributed by atoms with E-state index >= 15 is 0 Å². The SMILES string of the molecule is COC(=O)c1ccccc1C=NNC(=O)c1ccc(CN2CCN(c3ccccc3)CC2)cc1. The average Bonchev–Trinajstić information content (AvgIpc) is 2.90. The summed E-state index contributed by atoms with van der Waals surface area (Å²) in [6, 6.07) is 25.0. The summed E-state index contributed by atoms with van der Waals surface area (Å²) in [4.78, 5) is 29.1. The van der Waals surface area contributed by atoms with E-state index < -0.39 is 5.97 Å². The van der Waals surface area contributed by atoms with Crippen molar-refractivity contribution in [3.8, 4) is 0 Å². The van der Waals surface area contributed by atoms with Gasteiger partial charge in [0.05, 0.1) is 18.9 Å². The first-order chi connectivity index (χ1) is 16.6. The lowest BCUT2D eigenvalue weighted by Crippen LogP contribution is -2.45. The summed E-state index contributed by atoms with van der Waals surface area (Å²) in [7, 11) is 1.33. The number of carbonyl (C=O) groups is 2. The Balaban J connectivity index is 1.28. The Labute approximate surface area is 199 Å². The number of ether oxygens (including phenoxy) is 1. The van der Waals surface area contributed by atoms with Crippen molar-refractivity contribution in [1.82, 2.24) is 10.3 Å². The Morgan fingerprint density at radius 1 is 0.912 bits per heavy atom. The first kappa shape index (κ1) is 23.2. The molecule has 0 aromatic heterocycles. The number of nitrogens with one attached hydrogen (secondary N) is 1. The topological polar surface area (TPSA) is 74.2 Å². The van der Waals surface area contributed by atoms with Gasteiger partial charge in [-0.05, 0) is 35.9 Å². The summed E-state index contributed by atoms with van der Waals surface area (Å²) >= 11 is 0. The first-order valence-corrected chi connectivity index (χ1v) is 11.3. The maximum absolute atomic E-state index is 12.4. The van der Waals surface area contributed by atoms with E-state index in [4.69, 9.17) is 4.74 Å². The highest BCUT2D eigenvalue weighted by molar-refractivity contribution is 6.00. The molecule has 0 spiro atoms. The highest BCUT2D eigenvalue weighted by Gasteiger charge is 2.17. The lowest BCUT2D eigenvalue weighted by molar-refractivity contribution is 0.0600. The maximum atomic E-state index is 12.4. The predicted octanol–water partition coefficient (Wildman–Crippen LogP) is 3.56. The van der Waals surface area contributed by atoms with Crippen molar-refractivity contribution < 1.29 is 14.3 Å². The lowest BCUT2D eigenvalue weighted by atomic mass is 10.1. The van der Waals surface area contributed by atoms with Crippen molar-refractivity contribution in [2.24, 2.45) is 5.10 Å². The Kier molecular flexibility index (Phi) is 7.67. The van der Waals surface area contributed by atoms with Crippen LogP contribution in [-0.2, 0) is 11.3 Å². The van der Waals surface area contributed by atoms with Crippen molar-refractivity contribution in [2.75, 3.05) is 38.2 Å². The Morgan fingerprint density at radius 3 is 2.29 bits per heavy atom. The standard InChI is InChI=1S/C27H28N4O3/c1-34-27(33)25-10-6-5-7-23(25)19-28-29-26(32)22-13-11-21(12-14-22)20-30-15-17-31(18-16-30)24-8-3-2-4-9-24/h2-14,19H,15-18,20H2,1H3,(H,29,32). The van der Waals surface area contributed by atoms with E-state index in [2.05, 4.69) is 44.6 Å². The van der Waals surface area contributed by atoms with Gasteiger partial charge in [0.2, 0.25) is 0 Å². The van der Waals surface area contributed by atoms with Gasteiger partial charge < -0.3 is 9.64 Å². The normalized spacial score (nSPS) is 14.2. The van der Waals surface area contributed by atoms with Crippen LogP contribution in [0.2, 0.25) is 0 Å². The molecule has 3 aromatic carbocycles. The number of carbonyl (C=O) groups excluding carboxylic acids is 2. The minimum absolute atomic E-state index is 0.310. The number of hydrogen-bond acceptors (Lipinski definition) is 6. The number of esters is 1. The molecular formula is C27H28N4O3. The molecule has 7 nitrogen and oxygen atoms in total. The van der Waals surface area contributed by atoms with E-state index in [1.54, 1.807) is 24.3 Å². The molecule has 1 amide bonds. The number of nitrogens with zero attached hydrogens (tertiary/aromatic N) is 3. The monoisotopic (exact) mass is 456 g/mol. The summed E-state index contributed by atoms with van der Waals surface area (Å²) < 4.78 is 4.77. The van der Waals surface area contributed by atoms with E-state index in [0.29, 0.717) is 16.7 Å². The van der Waals surface area contributed by atoms with Crippen LogP contribution in [0.5, 0.6) is 0 Å². The van der Waals surface area contributed by atoms with E-state index in [1.807, 2.05) is 30.3 Å². The van der Waals surface area contributed by atoms with Crippen LogP contribution in [-0.4, -0.2) is 56.3 Å². The summed E-state index contributed by atoms with van der Waals surface area (Å²) in [5, 5.41) is 4.00. The van der Waals surface area contributed by atoms with E-state index in [1.165, 1.54) is 24.6 Å². The molecule has 174 valence electrons. The predicted molar refractivity (Wildman–Crippen MR) is 133 cm³/mol. The van der Waals surface area contributed by atoms with Crippen molar-refractivity contribution in [3.63, 3.8) is 0 Å². The Morgan fingerprint density at radius 2 is 1.59 bits per heavy atom. The van der Waals surface area contributed by atoms with Gasteiger partial charge in [-0.15, -0.1) is 0 Å². The molecule has 0 bridgehead atoms. The van der Waals surface area contributed by atoms with Crippen LogP contribution in [0.3, 0.4) is 0 Å². The molecule has 0 radical (unpaired) electrons. The summed E-state index contributed by atoms with van der Waals surface area (Å²) in [5.74, 6) is -0.764. The molecule has 1 N–H and O–H groups in total. The van der Waals surface area contributed by atoms with Gasteiger partial charge in [0, 0.05) is 49.5 Å². The second-order valence-electron chi connectivity index (χ2n) is 8.07. The molecule has 1 saturated heterocycles. The number of piperazine rings is 1. The zero-order valence-corrected chi connectivity index (χ0v) is 19.2. The number of amides is 1. The molecule has 0 unspecified atom stereocenters. The third kappa shape index (κ3) is 5.88. The number of rotatable bonds is 7. The third-order valence-corrected chi connectivity index (χ3v) is 5.85. The summed E-state index contributed by atoms with van der Waals surface area (Å²) in [6.45, 7) is 4.86. The fourth-order valence-electron chi connectivity index (χ4n) is 3.95. The lowest BCUT2D eigenvalue weighted by Gasteiger charge is -2.36. The van der Waals surface area contributed by atoms with Gasteiger partial charge in [-0.25, -0.2) is 10.2 Å². The van der Waals surface area contributed by atoms with Crippen LogP contribution < -0.4 is 10.3 Å². The number of para-hydroxylation sites is 1. The molecule has 1 aliphatic heterocycles. The maximum Gasteiger partial charge on any atom is 0.338 e. The third-order valence-electron chi connectivity index (χ3n) is 5.85. The molecular weight excluding hydrogens is 428 g/mol.